The summed E-state index contributed by atoms with van der Waals surface area (Å²) in [5.74, 6) is -1.21. The van der Waals surface area contributed by atoms with Gasteiger partial charge < -0.3 is 9.67 Å². The standard InChI is InChI=1S/C23H26FNO2S/c1-4-18(5-2)28-19-9-6-16(7-10-19)12-20-15(3)25(14-23(26)27)22-11-8-17(24)13-21(20)22/h6-11,13,18H,4-5,12,14H2,1-3H3,(H,26,27). The minimum absolute atomic E-state index is 0.126. The van der Waals surface area contributed by atoms with E-state index in [4.69, 9.17) is 0 Å². The minimum atomic E-state index is -0.904. The molecule has 0 atom stereocenters. The fourth-order valence-corrected chi connectivity index (χ4v) is 4.64. The summed E-state index contributed by atoms with van der Waals surface area (Å²) in [7, 11) is 0. The van der Waals surface area contributed by atoms with Gasteiger partial charge in [-0.25, -0.2) is 4.39 Å². The van der Waals surface area contributed by atoms with Gasteiger partial charge in [-0.1, -0.05) is 26.0 Å². The highest BCUT2D eigenvalue weighted by Crippen LogP contribution is 2.31. The van der Waals surface area contributed by atoms with E-state index in [1.165, 1.54) is 17.0 Å². The Morgan fingerprint density at radius 2 is 1.82 bits per heavy atom. The van der Waals surface area contributed by atoms with Crippen LogP contribution in [0.25, 0.3) is 10.9 Å². The van der Waals surface area contributed by atoms with Crippen LogP contribution in [0.2, 0.25) is 0 Å². The van der Waals surface area contributed by atoms with E-state index in [0.717, 1.165) is 40.6 Å². The monoisotopic (exact) mass is 399 g/mol. The molecular weight excluding hydrogens is 373 g/mol. The summed E-state index contributed by atoms with van der Waals surface area (Å²) in [6.45, 7) is 6.21. The largest absolute Gasteiger partial charge is 0.480 e. The molecule has 28 heavy (non-hydrogen) atoms. The first-order valence-electron chi connectivity index (χ1n) is 9.67. The summed E-state index contributed by atoms with van der Waals surface area (Å²) in [5, 5.41) is 10.7. The van der Waals surface area contributed by atoms with E-state index in [9.17, 15) is 14.3 Å². The number of aliphatic carboxylic acids is 1. The van der Waals surface area contributed by atoms with Crippen LogP contribution in [0.5, 0.6) is 0 Å². The van der Waals surface area contributed by atoms with E-state index in [2.05, 4.69) is 38.1 Å². The van der Waals surface area contributed by atoms with E-state index in [0.29, 0.717) is 11.7 Å². The number of carboxylic acid groups (broad SMARTS) is 1. The first-order chi connectivity index (χ1) is 13.4. The van der Waals surface area contributed by atoms with Gasteiger partial charge in [0.2, 0.25) is 0 Å². The molecule has 1 heterocycles. The molecule has 3 rings (SSSR count). The molecule has 5 heteroatoms. The Labute approximate surface area is 169 Å². The van der Waals surface area contributed by atoms with Crippen molar-refractivity contribution in [1.29, 1.82) is 0 Å². The number of rotatable bonds is 8. The lowest BCUT2D eigenvalue weighted by molar-refractivity contribution is -0.137. The molecule has 0 saturated carbocycles. The summed E-state index contributed by atoms with van der Waals surface area (Å²) in [5.41, 5.74) is 3.75. The third-order valence-corrected chi connectivity index (χ3v) is 6.77. The molecule has 1 N–H and O–H groups in total. The maximum absolute atomic E-state index is 13.9. The molecular formula is C23H26FNO2S. The SMILES string of the molecule is CCC(CC)Sc1ccc(Cc2c(C)n(CC(=O)O)c3ccc(F)cc23)cc1. The molecule has 148 valence electrons. The van der Waals surface area contributed by atoms with Gasteiger partial charge in [0.15, 0.2) is 0 Å². The molecule has 0 saturated heterocycles. The lowest BCUT2D eigenvalue weighted by atomic mass is 10.0. The van der Waals surface area contributed by atoms with Gasteiger partial charge in [0, 0.05) is 26.7 Å². The average molecular weight is 400 g/mol. The molecule has 0 aliphatic heterocycles. The van der Waals surface area contributed by atoms with Crippen LogP contribution in [0.1, 0.15) is 43.5 Å². The topological polar surface area (TPSA) is 42.2 Å². The molecule has 3 aromatic rings. The molecule has 1 aromatic heterocycles. The zero-order chi connectivity index (χ0) is 20.3. The number of aromatic nitrogens is 1. The van der Waals surface area contributed by atoms with E-state index in [1.54, 1.807) is 10.6 Å². The van der Waals surface area contributed by atoms with Gasteiger partial charge in [-0.05, 0) is 67.6 Å². The third-order valence-electron chi connectivity index (χ3n) is 5.23. The normalized spacial score (nSPS) is 11.5. The number of nitrogens with zero attached hydrogens (tertiary/aromatic N) is 1. The fraction of sp³-hybridized carbons (Fsp3) is 0.348. The summed E-state index contributed by atoms with van der Waals surface area (Å²) in [4.78, 5) is 12.5. The number of hydrogen-bond donors (Lipinski definition) is 1. The van der Waals surface area contributed by atoms with Gasteiger partial charge in [0.05, 0.1) is 0 Å². The van der Waals surface area contributed by atoms with E-state index in [-0.39, 0.29) is 12.4 Å². The fourth-order valence-electron chi connectivity index (χ4n) is 3.62. The van der Waals surface area contributed by atoms with Gasteiger partial charge >= 0.3 is 5.97 Å². The quantitative estimate of drug-likeness (QED) is 0.469. The summed E-state index contributed by atoms with van der Waals surface area (Å²) >= 11 is 1.90. The molecule has 0 amide bonds. The van der Waals surface area contributed by atoms with E-state index in [1.807, 2.05) is 18.7 Å². The van der Waals surface area contributed by atoms with Crippen molar-refractivity contribution in [3.63, 3.8) is 0 Å². The molecule has 0 spiro atoms. The van der Waals surface area contributed by atoms with Crippen LogP contribution in [0, 0.1) is 12.7 Å². The average Bonchev–Trinajstić information content (AvgIpc) is 2.92. The predicted molar refractivity (Wildman–Crippen MR) is 114 cm³/mol. The Balaban J connectivity index is 1.92. The molecule has 3 nitrogen and oxygen atoms in total. The molecule has 0 radical (unpaired) electrons. The maximum atomic E-state index is 13.9. The van der Waals surface area contributed by atoms with Crippen molar-refractivity contribution in [2.45, 2.75) is 56.7 Å². The van der Waals surface area contributed by atoms with Gasteiger partial charge in [-0.2, -0.15) is 0 Å². The van der Waals surface area contributed by atoms with Crippen LogP contribution in [0.3, 0.4) is 0 Å². The van der Waals surface area contributed by atoms with Crippen molar-refractivity contribution in [2.75, 3.05) is 0 Å². The van der Waals surface area contributed by atoms with Crippen LogP contribution < -0.4 is 0 Å². The Morgan fingerprint density at radius 1 is 1.14 bits per heavy atom. The molecule has 2 aromatic carbocycles. The lowest BCUT2D eigenvalue weighted by Crippen LogP contribution is -2.10. The Morgan fingerprint density at radius 3 is 2.43 bits per heavy atom. The Kier molecular flexibility index (Phi) is 6.45. The summed E-state index contributed by atoms with van der Waals surface area (Å²) in [6, 6.07) is 13.1. The van der Waals surface area contributed by atoms with Crippen LogP contribution in [0.4, 0.5) is 4.39 Å². The number of benzene rings is 2. The van der Waals surface area contributed by atoms with Crippen LogP contribution in [-0.2, 0) is 17.8 Å². The highest BCUT2D eigenvalue weighted by molar-refractivity contribution is 8.00. The lowest BCUT2D eigenvalue weighted by Gasteiger charge is -2.12. The second-order valence-electron chi connectivity index (χ2n) is 7.08. The number of thioether (sulfide) groups is 1. The van der Waals surface area contributed by atoms with Crippen LogP contribution >= 0.6 is 11.8 Å². The second kappa shape index (κ2) is 8.82. The van der Waals surface area contributed by atoms with Crippen molar-refractivity contribution in [3.05, 3.63) is 65.1 Å². The summed E-state index contributed by atoms with van der Waals surface area (Å²) in [6.07, 6.45) is 2.95. The highest BCUT2D eigenvalue weighted by atomic mass is 32.2. The van der Waals surface area contributed by atoms with Crippen molar-refractivity contribution < 1.29 is 14.3 Å². The van der Waals surface area contributed by atoms with E-state index >= 15 is 0 Å². The van der Waals surface area contributed by atoms with Gasteiger partial charge in [-0.15, -0.1) is 11.8 Å². The Bertz CT molecular complexity index is 974. The predicted octanol–water partition coefficient (Wildman–Crippen LogP) is 6.04. The van der Waals surface area contributed by atoms with Gasteiger partial charge in [-0.3, -0.25) is 4.79 Å². The minimum Gasteiger partial charge on any atom is -0.480 e. The molecule has 0 aliphatic carbocycles. The van der Waals surface area contributed by atoms with Crippen LogP contribution in [-0.4, -0.2) is 20.9 Å². The maximum Gasteiger partial charge on any atom is 0.323 e. The number of carboxylic acids is 1. The molecule has 0 bridgehead atoms. The van der Waals surface area contributed by atoms with E-state index < -0.39 is 5.97 Å². The number of fused-ring (bicyclic) bond motifs is 1. The third kappa shape index (κ3) is 4.41. The highest BCUT2D eigenvalue weighted by Gasteiger charge is 2.17. The number of carbonyl (C=O) groups is 1. The van der Waals surface area contributed by atoms with Gasteiger partial charge in [0.25, 0.3) is 0 Å². The van der Waals surface area contributed by atoms with Crippen LogP contribution in [0.15, 0.2) is 47.4 Å². The summed E-state index contributed by atoms with van der Waals surface area (Å²) < 4.78 is 15.6. The number of hydrogen-bond acceptors (Lipinski definition) is 2. The molecule has 0 fully saturated rings. The van der Waals surface area contributed by atoms with Crippen molar-refractivity contribution in [1.82, 2.24) is 4.57 Å². The number of halogens is 1. The van der Waals surface area contributed by atoms with Crippen molar-refractivity contribution in [3.8, 4) is 0 Å². The second-order valence-corrected chi connectivity index (χ2v) is 8.46. The Hall–Kier alpha value is -2.27. The smallest absolute Gasteiger partial charge is 0.323 e. The molecule has 0 unspecified atom stereocenters. The van der Waals surface area contributed by atoms with Crippen molar-refractivity contribution in [2.24, 2.45) is 0 Å². The zero-order valence-electron chi connectivity index (χ0n) is 16.5. The molecule has 0 aliphatic rings. The first kappa shape index (κ1) is 20.5. The van der Waals surface area contributed by atoms with Crippen molar-refractivity contribution >= 4 is 28.6 Å². The first-order valence-corrected chi connectivity index (χ1v) is 10.6. The zero-order valence-corrected chi connectivity index (χ0v) is 17.4. The van der Waals surface area contributed by atoms with Gasteiger partial charge in [0.1, 0.15) is 12.4 Å².